The predicted octanol–water partition coefficient (Wildman–Crippen LogP) is 4.40. The molecule has 16 heteroatoms. The molecule has 15 nitrogen and oxygen atoms in total. The van der Waals surface area contributed by atoms with Crippen LogP contribution in [-0.4, -0.2) is 105 Å². The molecule has 0 aliphatic carbocycles. The summed E-state index contributed by atoms with van der Waals surface area (Å²) in [6, 6.07) is 1.01. The first-order valence-electron chi connectivity index (χ1n) is 17.8. The highest BCUT2D eigenvalue weighted by atomic mass is 32.2. The van der Waals surface area contributed by atoms with Crippen molar-refractivity contribution in [3.63, 3.8) is 0 Å². The summed E-state index contributed by atoms with van der Waals surface area (Å²) in [7, 11) is 5.16. The first kappa shape index (κ1) is 37.9. The van der Waals surface area contributed by atoms with Gasteiger partial charge in [-0.2, -0.15) is 5.26 Å². The van der Waals surface area contributed by atoms with Crippen molar-refractivity contribution in [3.05, 3.63) is 39.4 Å². The van der Waals surface area contributed by atoms with E-state index in [1.54, 1.807) is 35.0 Å². The number of likely N-dealkylation sites (N-methyl/N-ethyl adjacent to an activating group) is 1. The Morgan fingerprint density at radius 2 is 1.81 bits per heavy atom. The second-order valence-corrected chi connectivity index (χ2v) is 16.3. The van der Waals surface area contributed by atoms with Crippen LogP contribution in [0.3, 0.4) is 0 Å². The minimum absolute atomic E-state index is 0.0296. The summed E-state index contributed by atoms with van der Waals surface area (Å²) in [5.74, 6) is 1.18. The van der Waals surface area contributed by atoms with Crippen LogP contribution in [0.15, 0.2) is 6.07 Å². The Bertz CT molecular complexity index is 1930. The van der Waals surface area contributed by atoms with Crippen LogP contribution in [0.1, 0.15) is 78.4 Å². The van der Waals surface area contributed by atoms with Gasteiger partial charge in [-0.3, -0.25) is 14.6 Å². The van der Waals surface area contributed by atoms with Crippen LogP contribution in [0.4, 0.5) is 4.79 Å². The van der Waals surface area contributed by atoms with E-state index in [0.717, 1.165) is 16.7 Å². The second kappa shape index (κ2) is 14.3. The van der Waals surface area contributed by atoms with Crippen molar-refractivity contribution >= 4 is 29.8 Å². The van der Waals surface area contributed by atoms with Crippen LogP contribution < -0.4 is 29.0 Å². The zero-order valence-electron chi connectivity index (χ0n) is 31.9. The third-order valence-electron chi connectivity index (χ3n) is 10.7. The number of alkyl carbamates (subject to hydrolysis) is 1. The number of piperazine rings is 1. The van der Waals surface area contributed by atoms with Gasteiger partial charge in [0.2, 0.25) is 6.79 Å². The number of hydrogen-bond donors (Lipinski definition) is 1. The molecule has 5 heterocycles. The van der Waals surface area contributed by atoms with Gasteiger partial charge in [0.15, 0.2) is 29.8 Å². The summed E-state index contributed by atoms with van der Waals surface area (Å²) in [5.41, 5.74) is 3.86. The molecule has 290 valence electrons. The van der Waals surface area contributed by atoms with Crippen molar-refractivity contribution in [2.75, 3.05) is 47.2 Å². The molecule has 0 saturated carbocycles. The lowest BCUT2D eigenvalue weighted by molar-refractivity contribution is -0.151. The van der Waals surface area contributed by atoms with Gasteiger partial charge < -0.3 is 43.2 Å². The number of fused-ring (bicyclic) bond motifs is 9. The number of methoxy groups -OCH3 is 2. The SMILES string of the molecule is COCOc1c(OC)c(C)cc2c1[C@H]1C3[C@@H]4SCC(NC(=O)OC(C)(C)C)C(=O)OC[C@@H](c5c6c(c(C)c(OC(C)=O)c54)OCO6)N3C(C#N)[C@@H](C2)N1C. The summed E-state index contributed by atoms with van der Waals surface area (Å²) in [4.78, 5) is 44.1. The Labute approximate surface area is 318 Å². The number of rotatable bonds is 6. The van der Waals surface area contributed by atoms with Crippen LogP contribution >= 0.6 is 11.8 Å². The van der Waals surface area contributed by atoms with Crippen molar-refractivity contribution in [2.45, 2.75) is 95.1 Å². The first-order chi connectivity index (χ1) is 25.7. The van der Waals surface area contributed by atoms with Crippen LogP contribution in [0.2, 0.25) is 0 Å². The van der Waals surface area contributed by atoms with E-state index in [1.165, 1.54) is 18.7 Å². The van der Waals surface area contributed by atoms with Crippen LogP contribution in [0.5, 0.6) is 28.7 Å². The third kappa shape index (κ3) is 6.24. The molecule has 5 aliphatic heterocycles. The van der Waals surface area contributed by atoms with Crippen LogP contribution in [0, 0.1) is 25.2 Å². The predicted molar refractivity (Wildman–Crippen MR) is 194 cm³/mol. The maximum Gasteiger partial charge on any atom is 0.408 e. The maximum atomic E-state index is 13.8. The average Bonchev–Trinajstić information content (AvgIpc) is 3.59. The van der Waals surface area contributed by atoms with E-state index in [-0.39, 0.29) is 32.0 Å². The van der Waals surface area contributed by atoms with Crippen molar-refractivity contribution < 1.29 is 52.3 Å². The molecule has 4 bridgehead atoms. The number of nitrogens with one attached hydrogen (secondary N) is 1. The summed E-state index contributed by atoms with van der Waals surface area (Å²) in [6.07, 6.45) is -0.232. The molecule has 7 atom stereocenters. The lowest BCUT2D eigenvalue weighted by Crippen LogP contribution is -2.69. The van der Waals surface area contributed by atoms with Crippen molar-refractivity contribution in [3.8, 4) is 34.8 Å². The molecule has 0 spiro atoms. The highest BCUT2D eigenvalue weighted by Gasteiger charge is 2.61. The second-order valence-electron chi connectivity index (χ2n) is 15.1. The smallest absolute Gasteiger partial charge is 0.408 e. The molecular weight excluding hydrogens is 721 g/mol. The molecule has 1 N–H and O–H groups in total. The van der Waals surface area contributed by atoms with E-state index in [1.807, 2.05) is 20.9 Å². The molecule has 7 rings (SSSR count). The number of carbonyl (C=O) groups is 3. The Morgan fingerprint density at radius 3 is 2.48 bits per heavy atom. The minimum Gasteiger partial charge on any atom is -0.493 e. The Hall–Kier alpha value is -4.43. The number of ether oxygens (including phenoxy) is 8. The molecule has 54 heavy (non-hydrogen) atoms. The highest BCUT2D eigenvalue weighted by molar-refractivity contribution is 7.99. The fraction of sp³-hybridized carbons (Fsp3) is 0.579. The van der Waals surface area contributed by atoms with E-state index in [2.05, 4.69) is 27.3 Å². The molecule has 2 fully saturated rings. The van der Waals surface area contributed by atoms with Gasteiger partial charge in [0, 0.05) is 54.1 Å². The monoisotopic (exact) mass is 766 g/mol. The summed E-state index contributed by atoms with van der Waals surface area (Å²) < 4.78 is 47.5. The van der Waals surface area contributed by atoms with E-state index < -0.39 is 59.1 Å². The summed E-state index contributed by atoms with van der Waals surface area (Å²) in [5, 5.41) is 13.2. The van der Waals surface area contributed by atoms with Crippen molar-refractivity contribution in [1.82, 2.24) is 15.1 Å². The zero-order valence-corrected chi connectivity index (χ0v) is 32.7. The number of amides is 1. The molecule has 5 aliphatic rings. The maximum absolute atomic E-state index is 13.8. The number of cyclic esters (lactones) is 1. The number of aryl methyl sites for hydroxylation is 1. The first-order valence-corrected chi connectivity index (χ1v) is 18.9. The molecule has 2 saturated heterocycles. The Morgan fingerprint density at radius 1 is 1.07 bits per heavy atom. The van der Waals surface area contributed by atoms with Crippen molar-refractivity contribution in [1.29, 1.82) is 5.26 Å². The van der Waals surface area contributed by atoms with Gasteiger partial charge in [0.1, 0.15) is 30.0 Å². The molecular formula is C38H46N4O11S. The van der Waals surface area contributed by atoms with E-state index in [9.17, 15) is 19.6 Å². The van der Waals surface area contributed by atoms with Crippen LogP contribution in [-0.2, 0) is 30.2 Å². The van der Waals surface area contributed by atoms with E-state index in [4.69, 9.17) is 37.9 Å². The summed E-state index contributed by atoms with van der Waals surface area (Å²) in [6.45, 7) is 10.0. The molecule has 3 unspecified atom stereocenters. The number of benzene rings is 2. The fourth-order valence-corrected chi connectivity index (χ4v) is 10.3. The molecule has 1 amide bonds. The largest absolute Gasteiger partial charge is 0.493 e. The Kier molecular flexibility index (Phi) is 10.1. The fourth-order valence-electron chi connectivity index (χ4n) is 8.76. The van der Waals surface area contributed by atoms with Gasteiger partial charge in [-0.1, -0.05) is 6.07 Å². The number of hydrogen-bond acceptors (Lipinski definition) is 15. The number of nitrogens with zero attached hydrogens (tertiary/aromatic N) is 3. The topological polar surface area (TPSA) is 167 Å². The van der Waals surface area contributed by atoms with E-state index in [0.29, 0.717) is 51.9 Å². The average molecular weight is 767 g/mol. The van der Waals surface area contributed by atoms with Crippen molar-refractivity contribution in [2.24, 2.45) is 0 Å². The quantitative estimate of drug-likeness (QED) is 0.249. The number of carbonyl (C=O) groups excluding carboxylic acids is 3. The standard InChI is InChI=1S/C38H46N4O11S/c1-17-10-20-11-22-23(12-39)42-24-13-48-36(44)21(40-37(45)53-38(4,5)6)14-54-35(27-26(24)34-32(50-16-51-34)18(2)31(27)52-19(3)43)29(42)28(41(22)7)25(20)33(30(17)47-9)49-15-46-8/h10,21-24,28-29,35H,11,13-16H2,1-9H3,(H,40,45)/t21?,22-,23?,24+,28+,29?,35-/m1/s1. The lowest BCUT2D eigenvalue weighted by atomic mass is 9.71. The molecule has 2 aromatic rings. The number of thioether (sulfide) groups is 1. The lowest BCUT2D eigenvalue weighted by Gasteiger charge is -2.61. The van der Waals surface area contributed by atoms with Crippen LogP contribution in [0.25, 0.3) is 0 Å². The van der Waals surface area contributed by atoms with Gasteiger partial charge in [-0.15, -0.1) is 11.8 Å². The zero-order chi connectivity index (χ0) is 38.8. The number of nitriles is 1. The van der Waals surface area contributed by atoms with E-state index >= 15 is 0 Å². The number of esters is 2. The summed E-state index contributed by atoms with van der Waals surface area (Å²) >= 11 is 1.39. The molecule has 0 radical (unpaired) electrons. The van der Waals surface area contributed by atoms with Gasteiger partial charge in [0.25, 0.3) is 0 Å². The van der Waals surface area contributed by atoms with Gasteiger partial charge in [0.05, 0.1) is 30.5 Å². The third-order valence-corrected chi connectivity index (χ3v) is 12.1. The minimum atomic E-state index is -1.09. The highest BCUT2D eigenvalue weighted by Crippen LogP contribution is 2.64. The Balaban J connectivity index is 1.49. The van der Waals surface area contributed by atoms with Gasteiger partial charge >= 0.3 is 18.0 Å². The normalized spacial score (nSPS) is 27.0. The van der Waals surface area contributed by atoms with Gasteiger partial charge in [-0.25, -0.2) is 9.59 Å². The molecule has 2 aromatic carbocycles. The van der Waals surface area contributed by atoms with Gasteiger partial charge in [-0.05, 0) is 59.2 Å². The molecule has 0 aromatic heterocycles.